The number of phenolic OH excluding ortho intramolecular Hbond substituents is 2. The van der Waals surface area contributed by atoms with Gasteiger partial charge in [0.2, 0.25) is 18.0 Å². The Hall–Kier alpha value is -3.55. The first-order valence-electron chi connectivity index (χ1n) is 13.0. The number of ether oxygens (including phenoxy) is 4. The summed E-state index contributed by atoms with van der Waals surface area (Å²) < 4.78 is 27.1. The van der Waals surface area contributed by atoms with Crippen molar-refractivity contribution >= 4 is 11.0 Å². The highest BCUT2D eigenvalue weighted by Crippen LogP contribution is 2.36. The van der Waals surface area contributed by atoms with Crippen LogP contribution in [0.3, 0.4) is 0 Å². The molecule has 10 N–H and O–H groups in total. The first kappa shape index (κ1) is 30.9. The second-order valence-corrected chi connectivity index (χ2v) is 10.1. The molecule has 2 aliphatic rings. The Morgan fingerprint density at radius 2 is 1.28 bits per heavy atom. The van der Waals surface area contributed by atoms with E-state index in [-0.39, 0.29) is 33.6 Å². The van der Waals surface area contributed by atoms with Crippen molar-refractivity contribution in [2.75, 3.05) is 13.2 Å². The first-order valence-corrected chi connectivity index (χ1v) is 13.0. The summed E-state index contributed by atoms with van der Waals surface area (Å²) in [4.78, 5) is 13.4. The highest BCUT2D eigenvalue weighted by molar-refractivity contribution is 5.88. The summed E-state index contributed by atoms with van der Waals surface area (Å²) in [5, 5.41) is 99.8. The number of hydrogen-bond donors (Lipinski definition) is 10. The maximum Gasteiger partial charge on any atom is 0.229 e. The van der Waals surface area contributed by atoms with Gasteiger partial charge in [0.1, 0.15) is 77.6 Å². The topological polar surface area (TPSA) is 269 Å². The van der Waals surface area contributed by atoms with Gasteiger partial charge in [-0.2, -0.15) is 0 Å². The van der Waals surface area contributed by atoms with Crippen LogP contribution in [0, 0.1) is 0 Å². The zero-order valence-corrected chi connectivity index (χ0v) is 22.1. The van der Waals surface area contributed by atoms with Crippen molar-refractivity contribution in [2.24, 2.45) is 0 Å². The molecule has 16 nitrogen and oxygen atoms in total. The van der Waals surface area contributed by atoms with E-state index in [2.05, 4.69) is 0 Å². The highest BCUT2D eigenvalue weighted by Gasteiger charge is 2.46. The average Bonchev–Trinajstić information content (AvgIpc) is 2.98. The van der Waals surface area contributed by atoms with Crippen molar-refractivity contribution in [3.63, 3.8) is 0 Å². The molecule has 0 radical (unpaired) electrons. The Bertz CT molecular complexity index is 1500. The average molecular weight is 611 g/mol. The summed E-state index contributed by atoms with van der Waals surface area (Å²) in [6.07, 6.45) is -14.8. The second-order valence-electron chi connectivity index (χ2n) is 10.1. The molecule has 2 saturated heterocycles. The molecule has 43 heavy (non-hydrogen) atoms. The van der Waals surface area contributed by atoms with Crippen molar-refractivity contribution in [3.05, 3.63) is 46.8 Å². The minimum absolute atomic E-state index is 0.0935. The van der Waals surface area contributed by atoms with Crippen LogP contribution in [-0.2, 0) is 9.47 Å². The molecule has 16 heteroatoms. The predicted molar refractivity (Wildman–Crippen MR) is 140 cm³/mol. The van der Waals surface area contributed by atoms with E-state index < -0.39 is 91.6 Å². The van der Waals surface area contributed by atoms with Gasteiger partial charge in [-0.15, -0.1) is 0 Å². The number of aliphatic hydroxyl groups is 8. The normalized spacial score (nSPS) is 32.9. The lowest BCUT2D eigenvalue weighted by molar-refractivity contribution is -0.277. The molecule has 0 unspecified atom stereocenters. The van der Waals surface area contributed by atoms with Crippen LogP contribution in [0.2, 0.25) is 0 Å². The van der Waals surface area contributed by atoms with E-state index in [1.807, 2.05) is 0 Å². The number of fused-ring (bicyclic) bond motifs is 1. The third-order valence-corrected chi connectivity index (χ3v) is 7.29. The summed E-state index contributed by atoms with van der Waals surface area (Å²) in [6.45, 7) is -1.38. The second kappa shape index (κ2) is 12.2. The SMILES string of the molecule is O=c1c(-c2ccc(O)c(O[C@H]3O[C@H](CO)[C@@H](O)[C@H](O)[C@H]3O)c2)coc2cc(O[C@@H]3O[C@H](CO)[C@@H](O)[C@H](O)[C@H]3O)cc(O)c12. The number of benzene rings is 2. The molecule has 0 saturated carbocycles. The smallest absolute Gasteiger partial charge is 0.229 e. The molecule has 0 spiro atoms. The molecule has 1 aromatic heterocycles. The van der Waals surface area contributed by atoms with E-state index >= 15 is 0 Å². The molecule has 2 aromatic carbocycles. The van der Waals surface area contributed by atoms with E-state index in [0.717, 1.165) is 18.4 Å². The van der Waals surface area contributed by atoms with Gasteiger partial charge in [0, 0.05) is 12.1 Å². The van der Waals surface area contributed by atoms with Gasteiger partial charge in [-0.3, -0.25) is 4.79 Å². The Morgan fingerprint density at radius 1 is 0.698 bits per heavy atom. The number of hydrogen-bond acceptors (Lipinski definition) is 16. The van der Waals surface area contributed by atoms with Crippen LogP contribution in [0.4, 0.5) is 0 Å². The largest absolute Gasteiger partial charge is 0.507 e. The van der Waals surface area contributed by atoms with Crippen LogP contribution < -0.4 is 14.9 Å². The van der Waals surface area contributed by atoms with E-state index in [1.54, 1.807) is 0 Å². The van der Waals surface area contributed by atoms with Crippen LogP contribution in [0.5, 0.6) is 23.0 Å². The predicted octanol–water partition coefficient (Wildman–Crippen LogP) is -2.77. The zero-order valence-electron chi connectivity index (χ0n) is 22.1. The quantitative estimate of drug-likeness (QED) is 0.130. The Morgan fingerprint density at radius 3 is 1.86 bits per heavy atom. The highest BCUT2D eigenvalue weighted by atomic mass is 16.7. The molecular formula is C27H30O16. The number of aliphatic hydroxyl groups excluding tert-OH is 8. The van der Waals surface area contributed by atoms with Gasteiger partial charge in [-0.05, 0) is 17.7 Å². The fourth-order valence-corrected chi connectivity index (χ4v) is 4.84. The van der Waals surface area contributed by atoms with Gasteiger partial charge in [0.15, 0.2) is 11.5 Å². The molecule has 0 aliphatic carbocycles. The monoisotopic (exact) mass is 610 g/mol. The van der Waals surface area contributed by atoms with E-state index in [4.69, 9.17) is 23.4 Å². The minimum Gasteiger partial charge on any atom is -0.507 e. The summed E-state index contributed by atoms with van der Waals surface area (Å²) in [7, 11) is 0. The molecule has 0 amide bonds. The summed E-state index contributed by atoms with van der Waals surface area (Å²) >= 11 is 0. The van der Waals surface area contributed by atoms with Crippen molar-refractivity contribution in [2.45, 2.75) is 61.4 Å². The number of aromatic hydroxyl groups is 2. The van der Waals surface area contributed by atoms with Crippen LogP contribution >= 0.6 is 0 Å². The number of rotatable bonds is 7. The van der Waals surface area contributed by atoms with Crippen LogP contribution in [0.1, 0.15) is 0 Å². The van der Waals surface area contributed by atoms with Crippen LogP contribution in [0.15, 0.2) is 45.8 Å². The summed E-state index contributed by atoms with van der Waals surface area (Å²) in [6, 6.07) is 5.92. The first-order chi connectivity index (χ1) is 20.4. The van der Waals surface area contributed by atoms with Gasteiger partial charge in [0.25, 0.3) is 0 Å². The fraction of sp³-hybridized carbons (Fsp3) is 0.444. The third kappa shape index (κ3) is 5.73. The van der Waals surface area contributed by atoms with E-state index in [9.17, 15) is 55.9 Å². The van der Waals surface area contributed by atoms with Gasteiger partial charge in [-0.1, -0.05) is 6.07 Å². The zero-order chi connectivity index (χ0) is 31.2. The Kier molecular flexibility index (Phi) is 8.77. The van der Waals surface area contributed by atoms with Crippen molar-refractivity contribution in [1.82, 2.24) is 0 Å². The fourth-order valence-electron chi connectivity index (χ4n) is 4.84. The minimum atomic E-state index is -1.76. The maximum atomic E-state index is 13.4. The lowest BCUT2D eigenvalue weighted by atomic mass is 9.99. The maximum absolute atomic E-state index is 13.4. The van der Waals surface area contributed by atoms with Crippen molar-refractivity contribution in [3.8, 4) is 34.1 Å². The van der Waals surface area contributed by atoms with Crippen LogP contribution in [0.25, 0.3) is 22.1 Å². The van der Waals surface area contributed by atoms with Gasteiger partial charge in [-0.25, -0.2) is 0 Å². The molecular weight excluding hydrogens is 580 g/mol. The Labute approximate surface area is 241 Å². The summed E-state index contributed by atoms with van der Waals surface area (Å²) in [5.74, 6) is -1.48. The Balaban J connectivity index is 1.42. The summed E-state index contributed by atoms with van der Waals surface area (Å²) in [5.41, 5.74) is -0.828. The standard InChI is InChI=1S/C27H30O16/c28-6-16-20(33)22(35)24(37)26(42-16)40-10-4-13(31)18-15(5-10)39-8-11(19(18)32)9-1-2-12(30)14(3-9)41-27-25(38)23(36)21(34)17(7-29)43-27/h1-5,8,16-17,20-31,33-38H,6-7H2/t16-,17-,20-,21-,22+,23+,24-,25-,26-,27+/m1/s1. The molecule has 5 rings (SSSR count). The third-order valence-electron chi connectivity index (χ3n) is 7.29. The van der Waals surface area contributed by atoms with Gasteiger partial charge >= 0.3 is 0 Å². The van der Waals surface area contributed by atoms with Gasteiger partial charge < -0.3 is 74.4 Å². The van der Waals surface area contributed by atoms with E-state index in [0.29, 0.717) is 0 Å². The molecule has 2 aliphatic heterocycles. The lowest BCUT2D eigenvalue weighted by Crippen LogP contribution is -2.60. The lowest BCUT2D eigenvalue weighted by Gasteiger charge is -2.39. The van der Waals surface area contributed by atoms with Crippen LogP contribution in [-0.4, -0.2) is 126 Å². The molecule has 234 valence electrons. The molecule has 3 aromatic rings. The van der Waals surface area contributed by atoms with E-state index in [1.165, 1.54) is 18.2 Å². The molecule has 0 bridgehead atoms. The van der Waals surface area contributed by atoms with Gasteiger partial charge in [0.05, 0.1) is 18.8 Å². The van der Waals surface area contributed by atoms with Crippen molar-refractivity contribution in [1.29, 1.82) is 0 Å². The molecule has 3 heterocycles. The molecule has 2 fully saturated rings. The van der Waals surface area contributed by atoms with Crippen molar-refractivity contribution < 1.29 is 74.4 Å². The number of phenols is 2. The molecule has 10 atom stereocenters.